The average Bonchev–Trinajstić information content (AvgIpc) is 3.01. The molecule has 3 nitrogen and oxygen atoms in total. The highest BCUT2D eigenvalue weighted by atomic mass is 32.1. The van der Waals surface area contributed by atoms with Crippen molar-refractivity contribution in [3.05, 3.63) is 48.2 Å². The summed E-state index contributed by atoms with van der Waals surface area (Å²) in [6, 6.07) is 8.39. The number of ether oxygens (including phenoxy) is 1. The third-order valence-electron chi connectivity index (χ3n) is 3.12. The number of rotatable bonds is 4. The van der Waals surface area contributed by atoms with Crippen LogP contribution >= 0.6 is 11.3 Å². The van der Waals surface area contributed by atoms with Gasteiger partial charge in [-0.05, 0) is 43.2 Å². The SMILES string of the molecule is C1=COC(CNc2ccc(-c3nccs3)cc2)CC1. The largest absolute Gasteiger partial charge is 0.497 e. The van der Waals surface area contributed by atoms with E-state index < -0.39 is 0 Å². The molecule has 98 valence electrons. The second-order valence-corrected chi connectivity index (χ2v) is 5.40. The van der Waals surface area contributed by atoms with Crippen LogP contribution in [0.25, 0.3) is 10.6 Å². The van der Waals surface area contributed by atoms with E-state index in [1.807, 2.05) is 11.6 Å². The number of aromatic nitrogens is 1. The monoisotopic (exact) mass is 272 g/mol. The summed E-state index contributed by atoms with van der Waals surface area (Å²) in [6.45, 7) is 0.848. The molecular weight excluding hydrogens is 256 g/mol. The zero-order chi connectivity index (χ0) is 12.9. The van der Waals surface area contributed by atoms with Crippen molar-refractivity contribution in [3.8, 4) is 10.6 Å². The van der Waals surface area contributed by atoms with Gasteiger partial charge in [-0.15, -0.1) is 11.3 Å². The van der Waals surface area contributed by atoms with Gasteiger partial charge in [-0.1, -0.05) is 0 Å². The van der Waals surface area contributed by atoms with Crippen LogP contribution in [0.2, 0.25) is 0 Å². The molecule has 0 spiro atoms. The minimum absolute atomic E-state index is 0.281. The average molecular weight is 272 g/mol. The third-order valence-corrected chi connectivity index (χ3v) is 3.94. The fourth-order valence-electron chi connectivity index (χ4n) is 2.06. The van der Waals surface area contributed by atoms with E-state index >= 15 is 0 Å². The second kappa shape index (κ2) is 5.89. The molecule has 0 aliphatic carbocycles. The quantitative estimate of drug-likeness (QED) is 0.916. The summed E-state index contributed by atoms with van der Waals surface area (Å²) in [7, 11) is 0. The molecule has 1 atom stereocenters. The van der Waals surface area contributed by atoms with Crippen LogP contribution in [-0.4, -0.2) is 17.6 Å². The lowest BCUT2D eigenvalue weighted by atomic mass is 10.1. The maximum absolute atomic E-state index is 5.53. The molecule has 0 fully saturated rings. The molecule has 0 bridgehead atoms. The van der Waals surface area contributed by atoms with Crippen molar-refractivity contribution >= 4 is 17.0 Å². The van der Waals surface area contributed by atoms with Gasteiger partial charge in [0.1, 0.15) is 11.1 Å². The summed E-state index contributed by atoms with van der Waals surface area (Å²) in [5.74, 6) is 0. The standard InChI is InChI=1S/C15H16N2OS/c1-2-9-18-14(3-1)11-17-13-6-4-12(5-7-13)15-16-8-10-19-15/h2,4-10,14,17H,1,3,11H2. The van der Waals surface area contributed by atoms with E-state index in [0.29, 0.717) is 0 Å². The fourth-order valence-corrected chi connectivity index (χ4v) is 2.71. The first kappa shape index (κ1) is 12.2. The zero-order valence-corrected chi connectivity index (χ0v) is 11.4. The van der Waals surface area contributed by atoms with Gasteiger partial charge in [0.2, 0.25) is 0 Å². The topological polar surface area (TPSA) is 34.1 Å². The first-order chi connectivity index (χ1) is 9.42. The van der Waals surface area contributed by atoms with E-state index in [1.165, 1.54) is 0 Å². The van der Waals surface area contributed by atoms with Crippen LogP contribution in [0.5, 0.6) is 0 Å². The van der Waals surface area contributed by atoms with Crippen molar-refractivity contribution in [2.24, 2.45) is 0 Å². The van der Waals surface area contributed by atoms with Crippen LogP contribution in [0.15, 0.2) is 48.2 Å². The summed E-state index contributed by atoms with van der Waals surface area (Å²) in [4.78, 5) is 4.31. The summed E-state index contributed by atoms with van der Waals surface area (Å²) in [5, 5.41) is 6.47. The van der Waals surface area contributed by atoms with Gasteiger partial charge < -0.3 is 10.1 Å². The van der Waals surface area contributed by atoms with E-state index in [-0.39, 0.29) is 6.10 Å². The van der Waals surface area contributed by atoms with Crippen LogP contribution in [-0.2, 0) is 4.74 Å². The normalized spacial score (nSPS) is 18.0. The molecule has 2 aromatic rings. The number of thiazole rings is 1. The number of hydrogen-bond acceptors (Lipinski definition) is 4. The molecule has 1 aliphatic rings. The minimum Gasteiger partial charge on any atom is -0.497 e. The second-order valence-electron chi connectivity index (χ2n) is 4.50. The first-order valence-electron chi connectivity index (χ1n) is 6.46. The molecule has 1 N–H and O–H groups in total. The van der Waals surface area contributed by atoms with E-state index in [9.17, 15) is 0 Å². The molecule has 1 aromatic heterocycles. The number of benzene rings is 1. The van der Waals surface area contributed by atoms with E-state index in [2.05, 4.69) is 40.6 Å². The maximum atomic E-state index is 5.53. The molecule has 1 unspecified atom stereocenters. The van der Waals surface area contributed by atoms with E-state index in [0.717, 1.165) is 35.6 Å². The van der Waals surface area contributed by atoms with Gasteiger partial charge in [-0.3, -0.25) is 0 Å². The lowest BCUT2D eigenvalue weighted by Crippen LogP contribution is -2.22. The highest BCUT2D eigenvalue weighted by molar-refractivity contribution is 7.13. The van der Waals surface area contributed by atoms with Gasteiger partial charge in [0.15, 0.2) is 0 Å². The Bertz CT molecular complexity index is 534. The van der Waals surface area contributed by atoms with Crippen molar-refractivity contribution in [2.45, 2.75) is 18.9 Å². The zero-order valence-electron chi connectivity index (χ0n) is 10.6. The Hall–Kier alpha value is -1.81. The van der Waals surface area contributed by atoms with Gasteiger partial charge in [0, 0.05) is 22.8 Å². The molecule has 4 heteroatoms. The summed E-state index contributed by atoms with van der Waals surface area (Å²) in [5.41, 5.74) is 2.29. The Balaban J connectivity index is 1.58. The van der Waals surface area contributed by atoms with Crippen molar-refractivity contribution in [3.63, 3.8) is 0 Å². The molecule has 0 saturated heterocycles. The molecular formula is C15H16N2OS. The van der Waals surface area contributed by atoms with Gasteiger partial charge in [0.25, 0.3) is 0 Å². The molecule has 0 amide bonds. The number of anilines is 1. The molecule has 2 heterocycles. The van der Waals surface area contributed by atoms with Gasteiger partial charge in [-0.2, -0.15) is 0 Å². The number of hydrogen-bond donors (Lipinski definition) is 1. The van der Waals surface area contributed by atoms with Crippen molar-refractivity contribution < 1.29 is 4.74 Å². The maximum Gasteiger partial charge on any atom is 0.123 e. The number of nitrogens with one attached hydrogen (secondary N) is 1. The predicted octanol–water partition coefficient (Wildman–Crippen LogP) is 3.91. The van der Waals surface area contributed by atoms with E-state index in [4.69, 9.17) is 4.74 Å². The Morgan fingerprint density at radius 2 is 2.21 bits per heavy atom. The van der Waals surface area contributed by atoms with Crippen LogP contribution in [0.4, 0.5) is 5.69 Å². The number of allylic oxidation sites excluding steroid dienone is 1. The minimum atomic E-state index is 0.281. The van der Waals surface area contributed by atoms with Crippen LogP contribution in [0.3, 0.4) is 0 Å². The van der Waals surface area contributed by atoms with Crippen LogP contribution in [0.1, 0.15) is 12.8 Å². The molecule has 0 radical (unpaired) electrons. The van der Waals surface area contributed by atoms with Crippen molar-refractivity contribution in [1.29, 1.82) is 0 Å². The Morgan fingerprint density at radius 1 is 1.32 bits per heavy atom. The fraction of sp³-hybridized carbons (Fsp3) is 0.267. The van der Waals surface area contributed by atoms with Gasteiger partial charge in [-0.25, -0.2) is 4.98 Å². The van der Waals surface area contributed by atoms with Crippen LogP contribution < -0.4 is 5.32 Å². The van der Waals surface area contributed by atoms with Crippen molar-refractivity contribution in [2.75, 3.05) is 11.9 Å². The first-order valence-corrected chi connectivity index (χ1v) is 7.34. The smallest absolute Gasteiger partial charge is 0.123 e. The predicted molar refractivity (Wildman–Crippen MR) is 79.3 cm³/mol. The summed E-state index contributed by atoms with van der Waals surface area (Å²) in [6.07, 6.45) is 8.18. The molecule has 3 rings (SSSR count). The van der Waals surface area contributed by atoms with E-state index in [1.54, 1.807) is 17.6 Å². The third kappa shape index (κ3) is 3.15. The van der Waals surface area contributed by atoms with Gasteiger partial charge in [0.05, 0.1) is 12.8 Å². The lowest BCUT2D eigenvalue weighted by Gasteiger charge is -2.20. The number of nitrogens with zero attached hydrogens (tertiary/aromatic N) is 1. The molecule has 1 aromatic carbocycles. The van der Waals surface area contributed by atoms with Gasteiger partial charge >= 0.3 is 0 Å². The Morgan fingerprint density at radius 3 is 2.89 bits per heavy atom. The summed E-state index contributed by atoms with van der Waals surface area (Å²) < 4.78 is 5.53. The summed E-state index contributed by atoms with van der Waals surface area (Å²) >= 11 is 1.66. The Kier molecular flexibility index (Phi) is 3.79. The highest BCUT2D eigenvalue weighted by Gasteiger charge is 2.10. The molecule has 1 aliphatic heterocycles. The van der Waals surface area contributed by atoms with Crippen LogP contribution in [0, 0.1) is 0 Å². The highest BCUT2D eigenvalue weighted by Crippen LogP contribution is 2.23. The van der Waals surface area contributed by atoms with Crippen molar-refractivity contribution in [1.82, 2.24) is 4.98 Å². The Labute approximate surface area is 117 Å². The molecule has 19 heavy (non-hydrogen) atoms. The lowest BCUT2D eigenvalue weighted by molar-refractivity contribution is 0.135. The molecule has 0 saturated carbocycles.